The number of hydrogen-bond donors (Lipinski definition) is 2. The monoisotopic (exact) mass is 332 g/mol. The Bertz CT molecular complexity index is 758. The Hall–Kier alpha value is -1.51. The van der Waals surface area contributed by atoms with Gasteiger partial charge in [-0.05, 0) is 37.0 Å². The van der Waals surface area contributed by atoms with Crippen LogP contribution < -0.4 is 10.0 Å². The van der Waals surface area contributed by atoms with E-state index >= 15 is 0 Å². The number of benzene rings is 1. The van der Waals surface area contributed by atoms with Crippen molar-refractivity contribution in [2.75, 3.05) is 11.8 Å². The standard InChI is InChI=1S/C13H14F2N2O2S2/c1-8-3-4-9(14)13(12(8)15)17-21(18,19)11-5-6-20-10(11)7-16-2/h3-6,16-17H,7H2,1-2H3. The van der Waals surface area contributed by atoms with E-state index in [0.717, 1.165) is 6.07 Å². The van der Waals surface area contributed by atoms with Crippen LogP contribution in [0.25, 0.3) is 0 Å². The predicted molar refractivity (Wildman–Crippen MR) is 79.0 cm³/mol. The van der Waals surface area contributed by atoms with Gasteiger partial charge in [0.05, 0.1) is 0 Å². The lowest BCUT2D eigenvalue weighted by atomic mass is 10.2. The van der Waals surface area contributed by atoms with Crippen molar-refractivity contribution in [3.63, 3.8) is 0 Å². The highest BCUT2D eigenvalue weighted by molar-refractivity contribution is 7.93. The van der Waals surface area contributed by atoms with E-state index in [-0.39, 0.29) is 10.5 Å². The summed E-state index contributed by atoms with van der Waals surface area (Å²) < 4.78 is 54.2. The molecular weight excluding hydrogens is 318 g/mol. The molecule has 0 unspecified atom stereocenters. The first-order valence-corrected chi connectivity index (χ1v) is 8.41. The predicted octanol–water partition coefficient (Wildman–Crippen LogP) is 2.85. The molecule has 1 heterocycles. The van der Waals surface area contributed by atoms with Crippen LogP contribution in [0.2, 0.25) is 0 Å². The highest BCUT2D eigenvalue weighted by atomic mass is 32.2. The smallest absolute Gasteiger partial charge is 0.263 e. The third-order valence-electron chi connectivity index (χ3n) is 2.85. The van der Waals surface area contributed by atoms with E-state index in [1.54, 1.807) is 12.4 Å². The number of anilines is 1. The summed E-state index contributed by atoms with van der Waals surface area (Å²) in [5, 5.41) is 4.46. The third-order valence-corrected chi connectivity index (χ3v) is 5.34. The van der Waals surface area contributed by atoms with Gasteiger partial charge in [-0.3, -0.25) is 4.72 Å². The summed E-state index contributed by atoms with van der Waals surface area (Å²) in [4.78, 5) is 0.584. The average molecular weight is 332 g/mol. The Morgan fingerprint density at radius 1 is 1.24 bits per heavy atom. The molecule has 0 aliphatic heterocycles. The van der Waals surface area contributed by atoms with E-state index in [2.05, 4.69) is 5.32 Å². The molecule has 2 aromatic rings. The second-order valence-corrected chi connectivity index (χ2v) is 7.05. The molecule has 1 aromatic heterocycles. The molecule has 0 radical (unpaired) electrons. The summed E-state index contributed by atoms with van der Waals surface area (Å²) in [5.74, 6) is -1.86. The Kier molecular flexibility index (Phi) is 4.60. The molecule has 0 saturated carbocycles. The molecule has 0 saturated heterocycles. The Morgan fingerprint density at radius 2 is 1.95 bits per heavy atom. The van der Waals surface area contributed by atoms with Crippen molar-refractivity contribution in [2.24, 2.45) is 0 Å². The van der Waals surface area contributed by atoms with Crippen molar-refractivity contribution in [1.29, 1.82) is 0 Å². The minimum Gasteiger partial charge on any atom is -0.315 e. The Balaban J connectivity index is 2.43. The minimum absolute atomic E-state index is 0.0159. The molecule has 0 fully saturated rings. The zero-order chi connectivity index (χ0) is 15.6. The number of aryl methyl sites for hydroxylation is 1. The Labute approximate surface area is 125 Å². The van der Waals surface area contributed by atoms with Gasteiger partial charge < -0.3 is 5.32 Å². The van der Waals surface area contributed by atoms with Gasteiger partial charge in [0.2, 0.25) is 0 Å². The highest BCUT2D eigenvalue weighted by Crippen LogP contribution is 2.28. The van der Waals surface area contributed by atoms with Gasteiger partial charge in [-0.1, -0.05) is 6.07 Å². The molecule has 0 atom stereocenters. The molecule has 2 rings (SSSR count). The van der Waals surface area contributed by atoms with Crippen molar-refractivity contribution in [2.45, 2.75) is 18.4 Å². The summed E-state index contributed by atoms with van der Waals surface area (Å²) in [5.41, 5.74) is -0.494. The third kappa shape index (κ3) is 3.22. The molecule has 1 aromatic carbocycles. The van der Waals surface area contributed by atoms with E-state index in [0.29, 0.717) is 11.4 Å². The maximum atomic E-state index is 13.9. The zero-order valence-corrected chi connectivity index (χ0v) is 13.0. The number of halogens is 2. The van der Waals surface area contributed by atoms with Crippen LogP contribution >= 0.6 is 11.3 Å². The van der Waals surface area contributed by atoms with Crippen molar-refractivity contribution >= 4 is 27.0 Å². The first-order valence-electron chi connectivity index (χ1n) is 6.05. The van der Waals surface area contributed by atoms with Crippen LogP contribution in [0.5, 0.6) is 0 Å². The zero-order valence-electron chi connectivity index (χ0n) is 11.4. The summed E-state index contributed by atoms with van der Waals surface area (Å²) in [6, 6.07) is 3.68. The molecule has 21 heavy (non-hydrogen) atoms. The molecule has 4 nitrogen and oxygen atoms in total. The lowest BCUT2D eigenvalue weighted by molar-refractivity contribution is 0.578. The molecule has 0 bridgehead atoms. The molecule has 2 N–H and O–H groups in total. The number of rotatable bonds is 5. The summed E-state index contributed by atoms with van der Waals surface area (Å²) in [7, 11) is -2.36. The van der Waals surface area contributed by atoms with Gasteiger partial charge in [-0.15, -0.1) is 11.3 Å². The summed E-state index contributed by atoms with van der Waals surface area (Å²) in [6.07, 6.45) is 0. The van der Waals surface area contributed by atoms with E-state index in [9.17, 15) is 17.2 Å². The normalized spacial score (nSPS) is 11.6. The summed E-state index contributed by atoms with van der Waals surface area (Å²) in [6.45, 7) is 1.79. The maximum absolute atomic E-state index is 13.9. The SMILES string of the molecule is CNCc1sccc1S(=O)(=O)Nc1c(F)ccc(C)c1F. The van der Waals surface area contributed by atoms with Gasteiger partial charge in [0.1, 0.15) is 16.4 Å². The fraction of sp³-hybridized carbons (Fsp3) is 0.231. The highest BCUT2D eigenvalue weighted by Gasteiger charge is 2.23. The molecular formula is C13H14F2N2O2S2. The van der Waals surface area contributed by atoms with Crippen LogP contribution in [0.3, 0.4) is 0 Å². The first kappa shape index (κ1) is 15.9. The second-order valence-electron chi connectivity index (χ2n) is 4.40. The second kappa shape index (κ2) is 6.08. The first-order chi connectivity index (χ1) is 9.86. The minimum atomic E-state index is -4.04. The van der Waals surface area contributed by atoms with E-state index in [1.807, 2.05) is 4.72 Å². The number of sulfonamides is 1. The van der Waals surface area contributed by atoms with Crippen LogP contribution in [0.15, 0.2) is 28.5 Å². The average Bonchev–Trinajstić information content (AvgIpc) is 2.89. The number of hydrogen-bond acceptors (Lipinski definition) is 4. The van der Waals surface area contributed by atoms with Gasteiger partial charge in [-0.25, -0.2) is 17.2 Å². The van der Waals surface area contributed by atoms with Gasteiger partial charge in [0, 0.05) is 11.4 Å². The summed E-state index contributed by atoms with van der Waals surface area (Å²) >= 11 is 1.25. The van der Waals surface area contributed by atoms with Crippen molar-refractivity contribution in [1.82, 2.24) is 5.32 Å². The van der Waals surface area contributed by atoms with Gasteiger partial charge in [0.15, 0.2) is 5.82 Å². The van der Waals surface area contributed by atoms with Gasteiger partial charge >= 0.3 is 0 Å². The fourth-order valence-electron chi connectivity index (χ4n) is 1.80. The maximum Gasteiger partial charge on any atom is 0.263 e. The lowest BCUT2D eigenvalue weighted by Gasteiger charge is -2.11. The van der Waals surface area contributed by atoms with Crippen molar-refractivity contribution < 1.29 is 17.2 Å². The topological polar surface area (TPSA) is 58.2 Å². The molecule has 114 valence electrons. The number of nitrogens with one attached hydrogen (secondary N) is 2. The fourth-order valence-corrected chi connectivity index (χ4v) is 4.32. The molecule has 0 amide bonds. The van der Waals surface area contributed by atoms with Crippen molar-refractivity contribution in [3.8, 4) is 0 Å². The largest absolute Gasteiger partial charge is 0.315 e. The van der Waals surface area contributed by atoms with Crippen LogP contribution in [-0.2, 0) is 16.6 Å². The molecule has 0 spiro atoms. The molecule has 0 aliphatic rings. The molecule has 0 aliphatic carbocycles. The van der Waals surface area contributed by atoms with E-state index in [1.165, 1.54) is 30.4 Å². The van der Waals surface area contributed by atoms with Crippen LogP contribution in [0.1, 0.15) is 10.4 Å². The quantitative estimate of drug-likeness (QED) is 0.885. The van der Waals surface area contributed by atoms with Gasteiger partial charge in [0.25, 0.3) is 10.0 Å². The lowest BCUT2D eigenvalue weighted by Crippen LogP contribution is -2.17. The van der Waals surface area contributed by atoms with Gasteiger partial charge in [-0.2, -0.15) is 0 Å². The Morgan fingerprint density at radius 3 is 2.62 bits per heavy atom. The molecule has 8 heteroatoms. The van der Waals surface area contributed by atoms with E-state index in [4.69, 9.17) is 0 Å². The van der Waals surface area contributed by atoms with E-state index < -0.39 is 27.3 Å². The van der Waals surface area contributed by atoms with Crippen molar-refractivity contribution in [3.05, 3.63) is 45.7 Å². The van der Waals surface area contributed by atoms with Crippen LogP contribution in [-0.4, -0.2) is 15.5 Å². The number of thiophene rings is 1. The van der Waals surface area contributed by atoms with Crippen LogP contribution in [0.4, 0.5) is 14.5 Å². The van der Waals surface area contributed by atoms with Crippen LogP contribution in [0, 0.1) is 18.6 Å².